The molecule has 7 heavy (non-hydrogen) atoms. The molecule has 0 fully saturated rings. The van der Waals surface area contributed by atoms with Gasteiger partial charge in [0, 0.05) is 12.4 Å². The smallest absolute Gasteiger partial charge is 0.142 e. The lowest BCUT2D eigenvalue weighted by Gasteiger charge is -1.86. The molecule has 0 spiro atoms. The lowest BCUT2D eigenvalue weighted by Crippen LogP contribution is -1.73. The van der Waals surface area contributed by atoms with Crippen LogP contribution in [0.5, 0.6) is 0 Å². The van der Waals surface area contributed by atoms with Crippen molar-refractivity contribution in [3.05, 3.63) is 11.8 Å². The summed E-state index contributed by atoms with van der Waals surface area (Å²) < 4.78 is 8.02. The van der Waals surface area contributed by atoms with Crippen molar-refractivity contribution >= 4 is 27.5 Å². The monoisotopic (exact) mass is 208 g/mol. The molecule has 1 rings (SSSR count). The number of rotatable bonds is 0. The molecule has 0 unspecified atom stereocenters. The van der Waals surface area contributed by atoms with Crippen LogP contribution in [0.3, 0.4) is 0 Å². The van der Waals surface area contributed by atoms with Crippen LogP contribution in [0.4, 0.5) is 0 Å². The van der Waals surface area contributed by atoms with Gasteiger partial charge < -0.3 is 0 Å². The van der Waals surface area contributed by atoms with Crippen LogP contribution < -0.4 is 0 Å². The van der Waals surface area contributed by atoms with Crippen molar-refractivity contribution in [1.82, 2.24) is 0 Å². The van der Waals surface area contributed by atoms with Crippen LogP contribution in [0.1, 0.15) is 6.92 Å². The van der Waals surface area contributed by atoms with Crippen molar-refractivity contribution < 1.29 is 0 Å². The predicted octanol–water partition coefficient (Wildman–Crippen LogP) is 2.04. The lowest BCUT2D eigenvalue weighted by atomic mass is 10.4. The quantitative estimate of drug-likeness (QED) is 0.544. The Morgan fingerprint density at radius 2 is 2.57 bits per heavy atom. The molecule has 0 aliphatic carbocycles. The standard InChI is InChI=1S/C4H5IN2/c1-4-2-6-5-7-3-4/h2-3H,1H3. The minimum Gasteiger partial charge on any atom is -0.212 e. The van der Waals surface area contributed by atoms with E-state index in [1.165, 1.54) is 0 Å². The van der Waals surface area contributed by atoms with Crippen LogP contribution in [-0.2, 0) is 0 Å². The van der Waals surface area contributed by atoms with Gasteiger partial charge in [-0.3, -0.25) is 0 Å². The molecule has 0 atom stereocenters. The van der Waals surface area contributed by atoms with E-state index in [1.54, 1.807) is 0 Å². The van der Waals surface area contributed by atoms with Crippen LogP contribution in [0, 0.1) is 0 Å². The van der Waals surface area contributed by atoms with E-state index < -0.39 is 0 Å². The second-order valence-corrected chi connectivity index (χ2v) is 2.82. The van der Waals surface area contributed by atoms with Crippen LogP contribution in [0.2, 0.25) is 0 Å². The third-order valence-electron chi connectivity index (χ3n) is 0.592. The maximum Gasteiger partial charge on any atom is 0.142 e. The highest BCUT2D eigenvalue weighted by Gasteiger charge is 1.82. The Labute approximate surface area is 52.9 Å². The number of allylic oxidation sites excluding steroid dienone is 1. The zero-order chi connectivity index (χ0) is 5.11. The molecule has 0 radical (unpaired) electrons. The zero-order valence-electron chi connectivity index (χ0n) is 3.93. The van der Waals surface area contributed by atoms with Crippen LogP contribution in [0.15, 0.2) is 18.1 Å². The summed E-state index contributed by atoms with van der Waals surface area (Å²) in [7, 11) is 0. The Kier molecular flexibility index (Phi) is 1.67. The number of halogens is 1. The summed E-state index contributed by atoms with van der Waals surface area (Å²) in [6, 6.07) is 0. The Morgan fingerprint density at radius 1 is 1.71 bits per heavy atom. The van der Waals surface area contributed by atoms with Crippen LogP contribution in [-0.4, -0.2) is 6.21 Å². The fourth-order valence-corrected chi connectivity index (χ4v) is 1.53. The summed E-state index contributed by atoms with van der Waals surface area (Å²) in [5.74, 6) is 0. The van der Waals surface area contributed by atoms with Gasteiger partial charge >= 0.3 is 0 Å². The normalized spacial score (nSPS) is 18.1. The highest BCUT2D eigenvalue weighted by molar-refractivity contribution is 14.1. The summed E-state index contributed by atoms with van der Waals surface area (Å²) >= 11 is -0.194. The van der Waals surface area contributed by atoms with Gasteiger partial charge in [0.25, 0.3) is 0 Å². The molecule has 1 aliphatic rings. The van der Waals surface area contributed by atoms with Gasteiger partial charge in [0.2, 0.25) is 0 Å². The van der Waals surface area contributed by atoms with Gasteiger partial charge in [-0.1, -0.05) is 0 Å². The molecule has 0 saturated carbocycles. The molecular formula is C4H5IN2. The Bertz CT molecular complexity index is 146. The van der Waals surface area contributed by atoms with Crippen molar-refractivity contribution in [2.24, 2.45) is 6.35 Å². The van der Waals surface area contributed by atoms with E-state index in [-0.39, 0.29) is 21.3 Å². The predicted molar refractivity (Wildman–Crippen MR) is 38.7 cm³/mol. The lowest BCUT2D eigenvalue weighted by molar-refractivity contribution is 1.52. The first-order valence-electron chi connectivity index (χ1n) is 1.93. The van der Waals surface area contributed by atoms with Gasteiger partial charge in [0.1, 0.15) is 21.3 Å². The van der Waals surface area contributed by atoms with Gasteiger partial charge in [0.05, 0.1) is 0 Å². The van der Waals surface area contributed by atoms with E-state index in [1.807, 2.05) is 19.3 Å². The maximum absolute atomic E-state index is 4.01. The Balaban J connectivity index is 2.82. The SMILES string of the molecule is CC1=CN=IN=C1. The molecule has 3 heteroatoms. The molecule has 1 heterocycles. The first-order valence-corrected chi connectivity index (χ1v) is 3.86. The number of hydrogen-bond donors (Lipinski definition) is 0. The molecule has 0 N–H and O–H groups in total. The van der Waals surface area contributed by atoms with Crippen molar-refractivity contribution in [2.45, 2.75) is 6.92 Å². The van der Waals surface area contributed by atoms with E-state index in [0.717, 1.165) is 5.57 Å². The second-order valence-electron chi connectivity index (χ2n) is 1.27. The van der Waals surface area contributed by atoms with E-state index in [0.29, 0.717) is 0 Å². The van der Waals surface area contributed by atoms with Gasteiger partial charge in [-0.2, -0.15) is 0 Å². The summed E-state index contributed by atoms with van der Waals surface area (Å²) in [5.41, 5.74) is 1.16. The van der Waals surface area contributed by atoms with E-state index >= 15 is 0 Å². The van der Waals surface area contributed by atoms with Gasteiger partial charge in [-0.05, 0) is 12.5 Å². The minimum absolute atomic E-state index is 0.194. The minimum atomic E-state index is -0.194. The molecule has 0 aromatic carbocycles. The topological polar surface area (TPSA) is 24.7 Å². The first kappa shape index (κ1) is 5.08. The fourth-order valence-electron chi connectivity index (χ4n) is 0.256. The Morgan fingerprint density at radius 3 is 2.86 bits per heavy atom. The molecule has 0 aromatic rings. The molecule has 1 aliphatic heterocycles. The van der Waals surface area contributed by atoms with Crippen molar-refractivity contribution in [3.8, 4) is 0 Å². The molecule has 0 saturated heterocycles. The summed E-state index contributed by atoms with van der Waals surface area (Å²) in [6.07, 6.45) is 3.75. The fraction of sp³-hybridized carbons (Fsp3) is 0.250. The third kappa shape index (κ3) is 1.46. The third-order valence-corrected chi connectivity index (χ3v) is 1.65. The molecule has 0 bridgehead atoms. The molecule has 0 aromatic heterocycles. The highest BCUT2D eigenvalue weighted by atomic mass is 127. The number of nitrogens with zero attached hydrogens (tertiary/aromatic N) is 2. The van der Waals surface area contributed by atoms with Crippen molar-refractivity contribution in [3.63, 3.8) is 0 Å². The van der Waals surface area contributed by atoms with Gasteiger partial charge in [0.15, 0.2) is 0 Å². The largest absolute Gasteiger partial charge is 0.212 e. The van der Waals surface area contributed by atoms with E-state index in [4.69, 9.17) is 0 Å². The number of hydrogen-bond acceptors (Lipinski definition) is 2. The second kappa shape index (κ2) is 2.30. The highest BCUT2D eigenvalue weighted by Crippen LogP contribution is 2.08. The van der Waals surface area contributed by atoms with Gasteiger partial charge in [-0.15, -0.1) is 0 Å². The van der Waals surface area contributed by atoms with E-state index in [9.17, 15) is 0 Å². The van der Waals surface area contributed by atoms with Crippen LogP contribution in [0.25, 0.3) is 0 Å². The van der Waals surface area contributed by atoms with Gasteiger partial charge in [-0.25, -0.2) is 6.35 Å². The molecule has 2 nitrogen and oxygen atoms in total. The van der Waals surface area contributed by atoms with Crippen molar-refractivity contribution in [1.29, 1.82) is 0 Å². The average Bonchev–Trinajstić information content (AvgIpc) is 1.69. The van der Waals surface area contributed by atoms with Crippen LogP contribution >= 0.6 is 21.3 Å². The summed E-state index contributed by atoms with van der Waals surface area (Å²) in [5, 5.41) is 0. The first-order chi connectivity index (χ1) is 3.39. The molecule has 0 amide bonds. The summed E-state index contributed by atoms with van der Waals surface area (Å²) in [6.45, 7) is 2.00. The Hall–Kier alpha value is -0.0600. The summed E-state index contributed by atoms with van der Waals surface area (Å²) in [4.78, 5) is 0. The molecular weight excluding hydrogens is 203 g/mol. The average molecular weight is 208 g/mol. The van der Waals surface area contributed by atoms with E-state index in [2.05, 4.69) is 6.35 Å². The van der Waals surface area contributed by atoms with Crippen molar-refractivity contribution in [2.75, 3.05) is 0 Å². The zero-order valence-corrected chi connectivity index (χ0v) is 6.08. The molecule has 38 valence electrons. The maximum atomic E-state index is 4.01.